The second-order valence-corrected chi connectivity index (χ2v) is 8.04. The standard InChI is InChI=1S/C18H19NO4S/c20-24(21,12-14-5-2-1-3-6-14)19-10-4-7-16(19)15-8-9-17-18(11-15)23-13-22-17/h1-3,5-6,8-9,11,16H,4,7,10,12-13H2. The summed E-state index contributed by atoms with van der Waals surface area (Å²) in [5.74, 6) is 1.45. The van der Waals surface area contributed by atoms with Gasteiger partial charge >= 0.3 is 0 Å². The molecule has 1 atom stereocenters. The molecule has 0 bridgehead atoms. The summed E-state index contributed by atoms with van der Waals surface area (Å²) in [6, 6.07) is 14.9. The van der Waals surface area contributed by atoms with Crippen LogP contribution in [0.15, 0.2) is 48.5 Å². The van der Waals surface area contributed by atoms with Gasteiger partial charge in [0.1, 0.15) is 0 Å². The maximum atomic E-state index is 12.9. The molecular formula is C18H19NO4S. The molecule has 4 rings (SSSR count). The maximum Gasteiger partial charge on any atom is 0.231 e. The van der Waals surface area contributed by atoms with Crippen molar-refractivity contribution in [2.24, 2.45) is 0 Å². The summed E-state index contributed by atoms with van der Waals surface area (Å²) in [7, 11) is -3.36. The van der Waals surface area contributed by atoms with Gasteiger partial charge in [-0.05, 0) is 36.1 Å². The highest BCUT2D eigenvalue weighted by molar-refractivity contribution is 7.88. The molecule has 0 N–H and O–H groups in total. The number of hydrogen-bond donors (Lipinski definition) is 0. The number of nitrogens with zero attached hydrogens (tertiary/aromatic N) is 1. The average Bonchev–Trinajstić information content (AvgIpc) is 3.24. The van der Waals surface area contributed by atoms with Crippen LogP contribution in [-0.4, -0.2) is 26.1 Å². The van der Waals surface area contributed by atoms with Crippen molar-refractivity contribution in [2.75, 3.05) is 13.3 Å². The van der Waals surface area contributed by atoms with Crippen LogP contribution >= 0.6 is 0 Å². The summed E-state index contributed by atoms with van der Waals surface area (Å²) < 4.78 is 38.2. The zero-order chi connectivity index (χ0) is 16.6. The van der Waals surface area contributed by atoms with E-state index in [1.807, 2.05) is 48.5 Å². The Morgan fingerprint density at radius 2 is 1.83 bits per heavy atom. The highest BCUT2D eigenvalue weighted by atomic mass is 32.2. The molecule has 126 valence electrons. The van der Waals surface area contributed by atoms with E-state index in [2.05, 4.69) is 0 Å². The van der Waals surface area contributed by atoms with Crippen molar-refractivity contribution in [1.29, 1.82) is 0 Å². The molecular weight excluding hydrogens is 326 g/mol. The molecule has 0 radical (unpaired) electrons. The van der Waals surface area contributed by atoms with E-state index in [0.717, 1.165) is 29.7 Å². The van der Waals surface area contributed by atoms with Crippen molar-refractivity contribution < 1.29 is 17.9 Å². The van der Waals surface area contributed by atoms with Gasteiger partial charge in [-0.1, -0.05) is 36.4 Å². The second kappa shape index (κ2) is 6.11. The predicted octanol–water partition coefficient (Wildman–Crippen LogP) is 3.08. The average molecular weight is 345 g/mol. The molecule has 0 amide bonds. The van der Waals surface area contributed by atoms with Gasteiger partial charge < -0.3 is 9.47 Å². The fourth-order valence-electron chi connectivity index (χ4n) is 3.39. The third-order valence-electron chi connectivity index (χ3n) is 4.53. The van der Waals surface area contributed by atoms with E-state index in [1.165, 1.54) is 0 Å². The molecule has 1 fully saturated rings. The summed E-state index contributed by atoms with van der Waals surface area (Å²) >= 11 is 0. The summed E-state index contributed by atoms with van der Waals surface area (Å²) in [5, 5.41) is 0. The SMILES string of the molecule is O=S(=O)(Cc1ccccc1)N1CCCC1c1ccc2c(c1)OCO2. The number of benzene rings is 2. The molecule has 0 aromatic heterocycles. The fraction of sp³-hybridized carbons (Fsp3) is 0.333. The van der Waals surface area contributed by atoms with E-state index in [-0.39, 0.29) is 18.6 Å². The second-order valence-electron chi connectivity index (χ2n) is 6.12. The summed E-state index contributed by atoms with van der Waals surface area (Å²) in [6.45, 7) is 0.785. The van der Waals surface area contributed by atoms with Crippen molar-refractivity contribution in [3.05, 3.63) is 59.7 Å². The van der Waals surface area contributed by atoms with Gasteiger partial charge in [0.2, 0.25) is 16.8 Å². The zero-order valence-electron chi connectivity index (χ0n) is 13.2. The fourth-order valence-corrected chi connectivity index (χ4v) is 5.20. The minimum Gasteiger partial charge on any atom is -0.454 e. The molecule has 2 aliphatic heterocycles. The Labute approximate surface area is 141 Å². The number of hydrogen-bond acceptors (Lipinski definition) is 4. The Morgan fingerprint density at radius 3 is 2.67 bits per heavy atom. The van der Waals surface area contributed by atoms with Crippen molar-refractivity contribution in [1.82, 2.24) is 4.31 Å². The first-order valence-electron chi connectivity index (χ1n) is 8.06. The molecule has 0 aliphatic carbocycles. The van der Waals surface area contributed by atoms with Crippen LogP contribution in [-0.2, 0) is 15.8 Å². The molecule has 24 heavy (non-hydrogen) atoms. The van der Waals surface area contributed by atoms with E-state index >= 15 is 0 Å². The molecule has 2 aromatic rings. The topological polar surface area (TPSA) is 55.8 Å². The molecule has 6 heteroatoms. The minimum atomic E-state index is -3.36. The van der Waals surface area contributed by atoms with Gasteiger partial charge in [0, 0.05) is 12.6 Å². The first-order chi connectivity index (χ1) is 11.6. The third kappa shape index (κ3) is 2.87. The van der Waals surface area contributed by atoms with Crippen molar-refractivity contribution in [2.45, 2.75) is 24.6 Å². The Kier molecular flexibility index (Phi) is 3.94. The first-order valence-corrected chi connectivity index (χ1v) is 9.67. The van der Waals surface area contributed by atoms with Gasteiger partial charge in [-0.15, -0.1) is 0 Å². The number of ether oxygens (including phenoxy) is 2. The van der Waals surface area contributed by atoms with Crippen LogP contribution in [0.25, 0.3) is 0 Å². The van der Waals surface area contributed by atoms with E-state index < -0.39 is 10.0 Å². The molecule has 1 saturated heterocycles. The summed E-state index contributed by atoms with van der Waals surface area (Å²) in [4.78, 5) is 0. The minimum absolute atomic E-state index is 0.0366. The predicted molar refractivity (Wildman–Crippen MR) is 90.3 cm³/mol. The van der Waals surface area contributed by atoms with Gasteiger partial charge in [0.15, 0.2) is 11.5 Å². The molecule has 2 heterocycles. The quantitative estimate of drug-likeness (QED) is 0.854. The van der Waals surface area contributed by atoms with Crippen LogP contribution in [0.1, 0.15) is 30.0 Å². The highest BCUT2D eigenvalue weighted by Gasteiger charge is 2.35. The van der Waals surface area contributed by atoms with Crippen LogP contribution in [0, 0.1) is 0 Å². The highest BCUT2D eigenvalue weighted by Crippen LogP contribution is 2.40. The maximum absolute atomic E-state index is 12.9. The molecule has 2 aromatic carbocycles. The van der Waals surface area contributed by atoms with Gasteiger partial charge in [-0.3, -0.25) is 0 Å². The van der Waals surface area contributed by atoms with Crippen LogP contribution < -0.4 is 9.47 Å². The van der Waals surface area contributed by atoms with E-state index in [9.17, 15) is 8.42 Å². The lowest BCUT2D eigenvalue weighted by molar-refractivity contribution is 0.174. The van der Waals surface area contributed by atoms with Gasteiger partial charge in [0.05, 0.1) is 5.75 Å². The van der Waals surface area contributed by atoms with Crippen LogP contribution in [0.5, 0.6) is 11.5 Å². The van der Waals surface area contributed by atoms with Gasteiger partial charge in [-0.25, -0.2) is 8.42 Å². The molecule has 2 aliphatic rings. The van der Waals surface area contributed by atoms with Crippen molar-refractivity contribution in [3.63, 3.8) is 0 Å². The third-order valence-corrected chi connectivity index (χ3v) is 6.38. The van der Waals surface area contributed by atoms with E-state index in [4.69, 9.17) is 9.47 Å². The molecule has 0 spiro atoms. The number of fused-ring (bicyclic) bond motifs is 1. The molecule has 1 unspecified atom stereocenters. The monoisotopic (exact) mass is 345 g/mol. The lowest BCUT2D eigenvalue weighted by Crippen LogP contribution is -2.31. The van der Waals surface area contributed by atoms with Gasteiger partial charge in [-0.2, -0.15) is 4.31 Å². The van der Waals surface area contributed by atoms with Crippen LogP contribution in [0.4, 0.5) is 0 Å². The number of sulfonamides is 1. The summed E-state index contributed by atoms with van der Waals surface area (Å²) in [5.41, 5.74) is 1.78. The largest absolute Gasteiger partial charge is 0.454 e. The lowest BCUT2D eigenvalue weighted by Gasteiger charge is -2.24. The molecule has 0 saturated carbocycles. The Hall–Kier alpha value is -2.05. The lowest BCUT2D eigenvalue weighted by atomic mass is 10.0. The van der Waals surface area contributed by atoms with E-state index in [1.54, 1.807) is 4.31 Å². The van der Waals surface area contributed by atoms with Crippen LogP contribution in [0.3, 0.4) is 0 Å². The Morgan fingerprint density at radius 1 is 1.04 bits per heavy atom. The first kappa shape index (κ1) is 15.5. The Bertz CT molecular complexity index is 835. The Balaban J connectivity index is 1.60. The smallest absolute Gasteiger partial charge is 0.231 e. The van der Waals surface area contributed by atoms with E-state index in [0.29, 0.717) is 12.3 Å². The zero-order valence-corrected chi connectivity index (χ0v) is 14.0. The van der Waals surface area contributed by atoms with Crippen molar-refractivity contribution >= 4 is 10.0 Å². The molecule has 5 nitrogen and oxygen atoms in total. The number of rotatable bonds is 4. The normalized spacial score (nSPS) is 20.4. The van der Waals surface area contributed by atoms with Gasteiger partial charge in [0.25, 0.3) is 0 Å². The van der Waals surface area contributed by atoms with Crippen LogP contribution in [0.2, 0.25) is 0 Å². The van der Waals surface area contributed by atoms with Crippen molar-refractivity contribution in [3.8, 4) is 11.5 Å². The summed E-state index contributed by atoms with van der Waals surface area (Å²) in [6.07, 6.45) is 1.70.